The lowest BCUT2D eigenvalue weighted by Crippen LogP contribution is -2.42. The van der Waals surface area contributed by atoms with Crippen molar-refractivity contribution in [3.05, 3.63) is 0 Å². The Balaban J connectivity index is 4.23. The molecule has 0 saturated heterocycles. The van der Waals surface area contributed by atoms with Gasteiger partial charge in [-0.2, -0.15) is 0 Å². The van der Waals surface area contributed by atoms with Gasteiger partial charge in [0.15, 0.2) is 9.84 Å². The van der Waals surface area contributed by atoms with E-state index in [1.165, 1.54) is 0 Å². The Morgan fingerprint density at radius 3 is 2.12 bits per heavy atom. The van der Waals surface area contributed by atoms with Gasteiger partial charge in [-0.05, 0) is 27.7 Å². The van der Waals surface area contributed by atoms with E-state index in [0.29, 0.717) is 0 Å². The summed E-state index contributed by atoms with van der Waals surface area (Å²) < 4.78 is 22.7. The highest BCUT2D eigenvalue weighted by Gasteiger charge is 2.28. The van der Waals surface area contributed by atoms with Crippen LogP contribution in [0, 0.1) is 5.92 Å². The van der Waals surface area contributed by atoms with Gasteiger partial charge in [0, 0.05) is 18.5 Å². The van der Waals surface area contributed by atoms with Crippen LogP contribution in [0.2, 0.25) is 0 Å². The summed E-state index contributed by atoms with van der Waals surface area (Å²) in [5.74, 6) is -0.565. The van der Waals surface area contributed by atoms with Crippen LogP contribution >= 0.6 is 0 Å². The number of carbonyl (C=O) groups is 1. The van der Waals surface area contributed by atoms with Crippen LogP contribution in [-0.2, 0) is 14.6 Å². The van der Waals surface area contributed by atoms with Crippen LogP contribution in [0.25, 0.3) is 0 Å². The third-order valence-corrected chi connectivity index (χ3v) is 5.41. The van der Waals surface area contributed by atoms with E-state index in [0.717, 1.165) is 0 Å². The molecule has 2 unspecified atom stereocenters. The smallest absolute Gasteiger partial charge is 0.224 e. The molecule has 17 heavy (non-hydrogen) atoms. The van der Waals surface area contributed by atoms with E-state index >= 15 is 0 Å². The average Bonchev–Trinajstić information content (AvgIpc) is 2.14. The predicted octanol–water partition coefficient (Wildman–Crippen LogP) is 0.299. The number of hydrogen-bond donors (Lipinski definition) is 2. The minimum atomic E-state index is -3.19. The molecule has 5 nitrogen and oxygen atoms in total. The van der Waals surface area contributed by atoms with E-state index in [-0.39, 0.29) is 30.2 Å². The molecule has 1 amide bonds. The lowest BCUT2D eigenvalue weighted by atomic mass is 10.0. The maximum atomic E-state index is 11.8. The highest BCUT2D eigenvalue weighted by Crippen LogP contribution is 2.15. The molecule has 0 radical (unpaired) electrons. The van der Waals surface area contributed by atoms with Gasteiger partial charge in [0.1, 0.15) is 0 Å². The van der Waals surface area contributed by atoms with Crippen LogP contribution in [0.3, 0.4) is 0 Å². The van der Waals surface area contributed by atoms with E-state index in [1.807, 2.05) is 0 Å². The number of rotatable bonds is 5. The van der Waals surface area contributed by atoms with Crippen molar-refractivity contribution in [2.45, 2.75) is 45.4 Å². The monoisotopic (exact) mass is 264 g/mol. The van der Waals surface area contributed by atoms with Gasteiger partial charge in [-0.3, -0.25) is 4.79 Å². The minimum Gasteiger partial charge on any atom is -0.355 e. The Morgan fingerprint density at radius 1 is 1.29 bits per heavy atom. The summed E-state index contributed by atoms with van der Waals surface area (Å²) in [6, 6.07) is -0.241. The molecule has 0 aromatic rings. The number of sulfone groups is 1. The van der Waals surface area contributed by atoms with Crippen LogP contribution in [-0.4, -0.2) is 37.4 Å². The van der Waals surface area contributed by atoms with Gasteiger partial charge >= 0.3 is 0 Å². The maximum Gasteiger partial charge on any atom is 0.224 e. The SMILES string of the molecule is CC(N)C(C)C(=O)NCCS(=O)(=O)C(C)(C)C. The second-order valence-corrected chi connectivity index (χ2v) is 8.23. The zero-order valence-electron chi connectivity index (χ0n) is 11.3. The summed E-state index contributed by atoms with van der Waals surface area (Å²) in [6.45, 7) is 8.54. The number of hydrogen-bond acceptors (Lipinski definition) is 4. The number of nitrogens with one attached hydrogen (secondary N) is 1. The first kappa shape index (κ1) is 16.4. The van der Waals surface area contributed by atoms with Gasteiger partial charge in [0.25, 0.3) is 0 Å². The van der Waals surface area contributed by atoms with Gasteiger partial charge in [-0.25, -0.2) is 8.42 Å². The molecule has 0 rings (SSSR count). The second-order valence-electron chi connectivity index (χ2n) is 5.37. The summed E-state index contributed by atoms with van der Waals surface area (Å²) in [6.07, 6.45) is 0. The second kappa shape index (κ2) is 5.82. The van der Waals surface area contributed by atoms with Crippen molar-refractivity contribution in [1.29, 1.82) is 0 Å². The number of carbonyl (C=O) groups excluding carboxylic acids is 1. The van der Waals surface area contributed by atoms with Crippen molar-refractivity contribution in [1.82, 2.24) is 5.32 Å². The third kappa shape index (κ3) is 5.04. The summed E-state index contributed by atoms with van der Waals surface area (Å²) in [5, 5.41) is 2.59. The van der Waals surface area contributed by atoms with Crippen molar-refractivity contribution in [3.8, 4) is 0 Å². The highest BCUT2D eigenvalue weighted by molar-refractivity contribution is 7.92. The first-order chi connectivity index (χ1) is 7.49. The van der Waals surface area contributed by atoms with Gasteiger partial charge in [-0.15, -0.1) is 0 Å². The van der Waals surface area contributed by atoms with E-state index in [9.17, 15) is 13.2 Å². The van der Waals surface area contributed by atoms with Crippen molar-refractivity contribution in [2.24, 2.45) is 11.7 Å². The zero-order chi connectivity index (χ0) is 13.9. The van der Waals surface area contributed by atoms with Crippen LogP contribution in [0.15, 0.2) is 0 Å². The fraction of sp³-hybridized carbons (Fsp3) is 0.909. The van der Waals surface area contributed by atoms with Crippen molar-refractivity contribution >= 4 is 15.7 Å². The standard InChI is InChI=1S/C11H24N2O3S/c1-8(9(2)12)10(14)13-6-7-17(15,16)11(3,4)5/h8-9H,6-7,12H2,1-5H3,(H,13,14). The van der Waals surface area contributed by atoms with E-state index in [1.54, 1.807) is 34.6 Å². The highest BCUT2D eigenvalue weighted by atomic mass is 32.2. The molecule has 0 saturated carbocycles. The molecular weight excluding hydrogens is 240 g/mol. The zero-order valence-corrected chi connectivity index (χ0v) is 12.1. The first-order valence-corrected chi connectivity index (χ1v) is 7.40. The predicted molar refractivity (Wildman–Crippen MR) is 69.4 cm³/mol. The van der Waals surface area contributed by atoms with Gasteiger partial charge < -0.3 is 11.1 Å². The summed E-state index contributed by atoms with van der Waals surface area (Å²) in [4.78, 5) is 11.5. The molecule has 0 aliphatic heterocycles. The van der Waals surface area contributed by atoms with Crippen LogP contribution in [0.4, 0.5) is 0 Å². The fourth-order valence-electron chi connectivity index (χ4n) is 1.01. The van der Waals surface area contributed by atoms with E-state index in [4.69, 9.17) is 5.73 Å². The van der Waals surface area contributed by atoms with E-state index in [2.05, 4.69) is 5.32 Å². The molecular formula is C11H24N2O3S. The Hall–Kier alpha value is -0.620. The summed E-state index contributed by atoms with van der Waals surface area (Å²) >= 11 is 0. The number of amides is 1. The molecule has 0 spiro atoms. The molecule has 0 bridgehead atoms. The molecule has 6 heteroatoms. The van der Waals surface area contributed by atoms with E-state index < -0.39 is 14.6 Å². The molecule has 3 N–H and O–H groups in total. The minimum absolute atomic E-state index is 0.0477. The van der Waals surface area contributed by atoms with Gasteiger partial charge in [0.05, 0.1) is 10.5 Å². The normalized spacial score (nSPS) is 16.4. The summed E-state index contributed by atoms with van der Waals surface area (Å²) in [5.41, 5.74) is 5.58. The average molecular weight is 264 g/mol. The first-order valence-electron chi connectivity index (χ1n) is 5.74. The third-order valence-electron chi connectivity index (χ3n) is 2.81. The Morgan fingerprint density at radius 2 is 1.76 bits per heavy atom. The molecule has 0 fully saturated rings. The lowest BCUT2D eigenvalue weighted by molar-refractivity contribution is -0.124. The van der Waals surface area contributed by atoms with Gasteiger partial charge in [0.2, 0.25) is 5.91 Å². The maximum absolute atomic E-state index is 11.8. The van der Waals surface area contributed by atoms with Crippen molar-refractivity contribution < 1.29 is 13.2 Å². The molecule has 0 aliphatic carbocycles. The molecule has 0 aromatic carbocycles. The van der Waals surface area contributed by atoms with Crippen LogP contribution in [0.1, 0.15) is 34.6 Å². The van der Waals surface area contributed by atoms with Gasteiger partial charge in [-0.1, -0.05) is 6.92 Å². The van der Waals surface area contributed by atoms with Crippen molar-refractivity contribution in [2.75, 3.05) is 12.3 Å². The Labute approximate surface area is 104 Å². The Kier molecular flexibility index (Phi) is 5.61. The number of nitrogens with two attached hydrogens (primary N) is 1. The molecule has 0 heterocycles. The lowest BCUT2D eigenvalue weighted by Gasteiger charge is -2.20. The summed E-state index contributed by atoms with van der Waals surface area (Å²) in [7, 11) is -3.19. The topological polar surface area (TPSA) is 89.3 Å². The fourth-order valence-corrected chi connectivity index (χ4v) is 2.00. The largest absolute Gasteiger partial charge is 0.355 e. The molecule has 102 valence electrons. The molecule has 0 aliphatic rings. The molecule has 2 atom stereocenters. The van der Waals surface area contributed by atoms with Crippen LogP contribution < -0.4 is 11.1 Å². The Bertz CT molecular complexity index is 355. The quantitative estimate of drug-likeness (QED) is 0.747. The molecule has 0 aromatic heterocycles. The van der Waals surface area contributed by atoms with Crippen LogP contribution in [0.5, 0.6) is 0 Å². The van der Waals surface area contributed by atoms with Crippen molar-refractivity contribution in [3.63, 3.8) is 0 Å².